The molecule has 162 valence electrons. The van der Waals surface area contributed by atoms with E-state index in [9.17, 15) is 14.4 Å². The number of nitrogens with one attached hydrogen (secondary N) is 1. The molecule has 4 rings (SSSR count). The first kappa shape index (κ1) is 21.1. The summed E-state index contributed by atoms with van der Waals surface area (Å²) in [6.45, 7) is 6.41. The van der Waals surface area contributed by atoms with Crippen molar-refractivity contribution in [3.05, 3.63) is 59.2 Å². The average Bonchev–Trinajstić information content (AvgIpc) is 3.18. The van der Waals surface area contributed by atoms with Crippen LogP contribution in [0.3, 0.4) is 0 Å². The van der Waals surface area contributed by atoms with Gasteiger partial charge in [0.2, 0.25) is 11.8 Å². The molecule has 1 N–H and O–H groups in total. The van der Waals surface area contributed by atoms with E-state index < -0.39 is 5.92 Å². The van der Waals surface area contributed by atoms with Crippen LogP contribution in [-0.4, -0.2) is 55.5 Å². The number of nitrogens with zero attached hydrogens (tertiary/aromatic N) is 2. The second kappa shape index (κ2) is 8.89. The van der Waals surface area contributed by atoms with Gasteiger partial charge in [-0.15, -0.1) is 0 Å². The largest absolute Gasteiger partial charge is 0.378 e. The Kier molecular flexibility index (Phi) is 6.04. The van der Waals surface area contributed by atoms with Crippen molar-refractivity contribution in [2.45, 2.75) is 20.3 Å². The van der Waals surface area contributed by atoms with Crippen LogP contribution in [0.15, 0.2) is 42.5 Å². The molecule has 2 aromatic carbocycles. The number of carbonyl (C=O) groups excluding carboxylic acids is 3. The second-order valence-corrected chi connectivity index (χ2v) is 8.06. The highest BCUT2D eigenvalue weighted by Crippen LogP contribution is 2.30. The summed E-state index contributed by atoms with van der Waals surface area (Å²) in [5, 5.41) is 2.89. The van der Waals surface area contributed by atoms with Gasteiger partial charge in [-0.3, -0.25) is 14.4 Å². The number of hydrogen-bond acceptors (Lipinski definition) is 4. The minimum atomic E-state index is -0.473. The minimum Gasteiger partial charge on any atom is -0.378 e. The summed E-state index contributed by atoms with van der Waals surface area (Å²) >= 11 is 0. The van der Waals surface area contributed by atoms with Crippen molar-refractivity contribution in [1.82, 2.24) is 4.90 Å². The van der Waals surface area contributed by atoms with E-state index >= 15 is 0 Å². The Labute approximate surface area is 182 Å². The van der Waals surface area contributed by atoms with Crippen LogP contribution >= 0.6 is 0 Å². The molecule has 2 aromatic rings. The van der Waals surface area contributed by atoms with Crippen molar-refractivity contribution >= 4 is 29.1 Å². The molecule has 2 aliphatic rings. The van der Waals surface area contributed by atoms with Crippen molar-refractivity contribution in [3.63, 3.8) is 0 Å². The molecule has 0 spiro atoms. The van der Waals surface area contributed by atoms with Gasteiger partial charge in [-0.05, 0) is 43.2 Å². The fourth-order valence-corrected chi connectivity index (χ4v) is 4.09. The van der Waals surface area contributed by atoms with Crippen molar-refractivity contribution in [1.29, 1.82) is 0 Å². The zero-order chi connectivity index (χ0) is 22.0. The van der Waals surface area contributed by atoms with Gasteiger partial charge in [0.05, 0.1) is 30.4 Å². The molecule has 1 atom stereocenters. The monoisotopic (exact) mass is 421 g/mol. The first-order chi connectivity index (χ1) is 15.0. The molecule has 7 heteroatoms. The number of morpholine rings is 1. The highest BCUT2D eigenvalue weighted by molar-refractivity contribution is 6.07. The van der Waals surface area contributed by atoms with Gasteiger partial charge in [0.25, 0.3) is 5.91 Å². The lowest BCUT2D eigenvalue weighted by Crippen LogP contribution is -2.41. The zero-order valence-electron chi connectivity index (χ0n) is 17.9. The molecule has 1 unspecified atom stereocenters. The Morgan fingerprint density at radius 3 is 2.55 bits per heavy atom. The number of carbonyl (C=O) groups is 3. The van der Waals surface area contributed by atoms with Crippen LogP contribution in [0, 0.1) is 19.8 Å². The number of amides is 3. The summed E-state index contributed by atoms with van der Waals surface area (Å²) in [4.78, 5) is 42.0. The summed E-state index contributed by atoms with van der Waals surface area (Å²) in [5.74, 6) is -0.910. The van der Waals surface area contributed by atoms with Crippen LogP contribution < -0.4 is 10.2 Å². The summed E-state index contributed by atoms with van der Waals surface area (Å²) in [5.41, 5.74) is 3.92. The Balaban J connectivity index is 1.49. The van der Waals surface area contributed by atoms with Gasteiger partial charge in [0, 0.05) is 31.7 Å². The number of benzene rings is 2. The SMILES string of the molecule is Cc1cccc(N2CC(C(=O)Nc3ccccc3C(=O)N3CCOCC3)CC2=O)c1C. The Hall–Kier alpha value is -3.19. The van der Waals surface area contributed by atoms with Crippen molar-refractivity contribution in [2.75, 3.05) is 43.1 Å². The lowest BCUT2D eigenvalue weighted by molar-refractivity contribution is -0.122. The number of rotatable bonds is 4. The van der Waals surface area contributed by atoms with Gasteiger partial charge in [-0.2, -0.15) is 0 Å². The van der Waals surface area contributed by atoms with E-state index in [1.165, 1.54) is 0 Å². The number of anilines is 2. The molecule has 0 saturated carbocycles. The molecule has 3 amide bonds. The Morgan fingerprint density at radius 2 is 1.77 bits per heavy atom. The molecule has 31 heavy (non-hydrogen) atoms. The van der Waals surface area contributed by atoms with E-state index in [4.69, 9.17) is 4.74 Å². The average molecular weight is 421 g/mol. The number of hydrogen-bond donors (Lipinski definition) is 1. The van der Waals surface area contributed by atoms with Crippen LogP contribution in [0.25, 0.3) is 0 Å². The predicted molar refractivity (Wildman–Crippen MR) is 118 cm³/mol. The van der Waals surface area contributed by atoms with Gasteiger partial charge < -0.3 is 19.9 Å². The lowest BCUT2D eigenvalue weighted by atomic mass is 10.1. The number of ether oxygens (including phenoxy) is 1. The third-order valence-electron chi connectivity index (χ3n) is 6.08. The first-order valence-electron chi connectivity index (χ1n) is 10.6. The van der Waals surface area contributed by atoms with Crippen LogP contribution in [0.4, 0.5) is 11.4 Å². The molecular formula is C24H27N3O4. The quantitative estimate of drug-likeness (QED) is 0.823. The molecular weight excluding hydrogens is 394 g/mol. The van der Waals surface area contributed by atoms with E-state index in [-0.39, 0.29) is 24.1 Å². The van der Waals surface area contributed by atoms with Crippen molar-refractivity contribution in [2.24, 2.45) is 5.92 Å². The first-order valence-corrected chi connectivity index (χ1v) is 10.6. The van der Waals surface area contributed by atoms with E-state index in [2.05, 4.69) is 5.32 Å². The molecule has 0 bridgehead atoms. The summed E-state index contributed by atoms with van der Waals surface area (Å²) < 4.78 is 5.32. The van der Waals surface area contributed by atoms with E-state index in [0.717, 1.165) is 16.8 Å². The highest BCUT2D eigenvalue weighted by atomic mass is 16.5. The molecule has 0 radical (unpaired) electrons. The van der Waals surface area contributed by atoms with Crippen molar-refractivity contribution in [3.8, 4) is 0 Å². The van der Waals surface area contributed by atoms with Crippen LogP contribution in [-0.2, 0) is 14.3 Å². The normalized spacial score (nSPS) is 18.9. The minimum absolute atomic E-state index is 0.0634. The van der Waals surface area contributed by atoms with Gasteiger partial charge in [0.1, 0.15) is 0 Å². The van der Waals surface area contributed by atoms with E-state index in [0.29, 0.717) is 44.1 Å². The molecule has 2 saturated heterocycles. The second-order valence-electron chi connectivity index (χ2n) is 8.06. The topological polar surface area (TPSA) is 79.0 Å². The molecule has 0 aromatic heterocycles. The summed E-state index contributed by atoms with van der Waals surface area (Å²) in [6.07, 6.45) is 0.152. The molecule has 7 nitrogen and oxygen atoms in total. The smallest absolute Gasteiger partial charge is 0.256 e. The standard InChI is InChI=1S/C24H27N3O4/c1-16-6-5-9-21(17(16)2)27-15-18(14-22(27)28)23(29)25-20-8-4-3-7-19(20)24(30)26-10-12-31-13-11-26/h3-9,18H,10-15H2,1-2H3,(H,25,29). The highest BCUT2D eigenvalue weighted by Gasteiger charge is 2.36. The van der Waals surface area contributed by atoms with Gasteiger partial charge in [-0.1, -0.05) is 24.3 Å². The fourth-order valence-electron chi connectivity index (χ4n) is 4.09. The number of para-hydroxylation sites is 1. The lowest BCUT2D eigenvalue weighted by Gasteiger charge is -2.27. The Morgan fingerprint density at radius 1 is 1.03 bits per heavy atom. The number of aryl methyl sites for hydroxylation is 1. The summed E-state index contributed by atoms with van der Waals surface area (Å²) in [6, 6.07) is 12.9. The zero-order valence-corrected chi connectivity index (χ0v) is 17.9. The third-order valence-corrected chi connectivity index (χ3v) is 6.08. The predicted octanol–water partition coefficient (Wildman–Crippen LogP) is 2.77. The maximum atomic E-state index is 13.0. The molecule has 2 heterocycles. The van der Waals surface area contributed by atoms with Crippen LogP contribution in [0.2, 0.25) is 0 Å². The van der Waals surface area contributed by atoms with E-state index in [1.54, 1.807) is 34.1 Å². The van der Waals surface area contributed by atoms with Crippen molar-refractivity contribution < 1.29 is 19.1 Å². The third kappa shape index (κ3) is 4.32. The molecule has 2 fully saturated rings. The van der Waals surface area contributed by atoms with Gasteiger partial charge >= 0.3 is 0 Å². The van der Waals surface area contributed by atoms with E-state index in [1.807, 2.05) is 32.0 Å². The Bertz CT molecular complexity index is 1010. The molecule has 0 aliphatic carbocycles. The maximum Gasteiger partial charge on any atom is 0.256 e. The maximum absolute atomic E-state index is 13.0. The molecule has 2 aliphatic heterocycles. The van der Waals surface area contributed by atoms with Crippen LogP contribution in [0.1, 0.15) is 27.9 Å². The summed E-state index contributed by atoms with van der Waals surface area (Å²) in [7, 11) is 0. The van der Waals surface area contributed by atoms with Gasteiger partial charge in [-0.25, -0.2) is 0 Å². The van der Waals surface area contributed by atoms with Gasteiger partial charge in [0.15, 0.2) is 0 Å². The van der Waals surface area contributed by atoms with Crippen LogP contribution in [0.5, 0.6) is 0 Å². The fraction of sp³-hybridized carbons (Fsp3) is 0.375.